The number of halogens is 2. The molecule has 0 aliphatic heterocycles. The van der Waals surface area contributed by atoms with Gasteiger partial charge in [-0.05, 0) is 17.2 Å². The summed E-state index contributed by atoms with van der Waals surface area (Å²) in [5.74, 6) is 0. The van der Waals surface area contributed by atoms with E-state index in [0.29, 0.717) is 3.94 Å². The molecule has 0 spiro atoms. The van der Waals surface area contributed by atoms with Crippen LogP contribution in [0.5, 0.6) is 0 Å². The second-order valence-corrected chi connectivity index (χ2v) is 2.76. The molecule has 0 fully saturated rings. The smallest absolute Gasteiger partial charge is 0.170 e. The molecular weight excluding hydrogens is 183 g/mol. The lowest BCUT2D eigenvalue weighted by molar-refractivity contribution is 1.01. The highest BCUT2D eigenvalue weighted by Gasteiger charge is 2.06. The molecule has 0 amide bonds. The quantitative estimate of drug-likeness (QED) is 0.360. The number of hydrogen-bond donors (Lipinski definition) is 0. The lowest BCUT2D eigenvalue weighted by Crippen LogP contribution is -1.77. The van der Waals surface area contributed by atoms with E-state index in [1.807, 2.05) is 0 Å². The average molecular weight is 187 g/mol. The number of rotatable bonds is 0. The highest BCUT2D eigenvalue weighted by atomic mass is 35.5. The fourth-order valence-electron chi connectivity index (χ4n) is 0.676. The van der Waals surface area contributed by atoms with Crippen LogP contribution in [0.3, 0.4) is 0 Å². The molecule has 2 aliphatic rings. The Hall–Kier alpha value is -0.910. The molecule has 2 aliphatic carbocycles. The van der Waals surface area contributed by atoms with Crippen molar-refractivity contribution < 1.29 is 0 Å². The van der Waals surface area contributed by atoms with Gasteiger partial charge >= 0.3 is 0 Å². The van der Waals surface area contributed by atoms with Crippen molar-refractivity contribution in [2.24, 2.45) is 0 Å². The van der Waals surface area contributed by atoms with E-state index in [0.717, 1.165) is 0 Å². The van der Waals surface area contributed by atoms with E-state index in [-0.39, 0.29) is 0 Å². The van der Waals surface area contributed by atoms with Gasteiger partial charge in [0, 0.05) is 23.6 Å². The van der Waals surface area contributed by atoms with Gasteiger partial charge in [-0.25, -0.2) is 0 Å². The molecule has 0 unspecified atom stereocenters. The van der Waals surface area contributed by atoms with Gasteiger partial charge in [-0.3, -0.25) is 0 Å². The molecule has 0 aromatic rings. The van der Waals surface area contributed by atoms with Gasteiger partial charge < -0.3 is 0 Å². The Morgan fingerprint density at radius 2 is 1.73 bits per heavy atom. The van der Waals surface area contributed by atoms with Crippen molar-refractivity contribution in [2.75, 3.05) is 0 Å². The van der Waals surface area contributed by atoms with E-state index in [4.69, 9.17) is 28.8 Å². The van der Waals surface area contributed by atoms with Crippen molar-refractivity contribution in [3.8, 4) is 17.3 Å². The van der Waals surface area contributed by atoms with Gasteiger partial charge in [-0.2, -0.15) is 5.26 Å². The molecule has 0 N–H and O–H groups in total. The first-order valence-electron chi connectivity index (χ1n) is 2.86. The lowest BCUT2D eigenvalue weighted by atomic mass is 10.6. The predicted octanol–water partition coefficient (Wildman–Crippen LogP) is 2.74. The second-order valence-electron chi connectivity index (χ2n) is 1.91. The molecule has 0 aromatic carbocycles. The van der Waals surface area contributed by atoms with Crippen LogP contribution in [0.1, 0.15) is 0 Å². The Bertz CT molecular complexity index is 273. The average Bonchev–Trinajstić information content (AvgIpc) is 2.61. The van der Waals surface area contributed by atoms with Gasteiger partial charge in [0.15, 0.2) is 0 Å². The summed E-state index contributed by atoms with van der Waals surface area (Å²) in [6, 6.07) is 8.48. The summed E-state index contributed by atoms with van der Waals surface area (Å²) in [5.41, 5.74) is 2.85. The van der Waals surface area contributed by atoms with Crippen LogP contribution < -0.4 is 0 Å². The van der Waals surface area contributed by atoms with E-state index >= 15 is 0 Å². The van der Waals surface area contributed by atoms with E-state index in [9.17, 15) is 0 Å². The van der Waals surface area contributed by atoms with Crippen LogP contribution in [-0.2, 0) is 0 Å². The van der Waals surface area contributed by atoms with Crippen LogP contribution in [-0.4, -0.2) is 3.94 Å². The van der Waals surface area contributed by atoms with Crippen molar-refractivity contribution >= 4 is 23.6 Å². The van der Waals surface area contributed by atoms with Crippen LogP contribution in [0.2, 0.25) is 0 Å². The van der Waals surface area contributed by atoms with E-state index in [1.54, 1.807) is 0 Å². The Morgan fingerprint density at radius 3 is 1.82 bits per heavy atom. The summed E-state index contributed by atoms with van der Waals surface area (Å²) in [5, 5.41) is 7.56. The molecular formula is C7H4Cl2N2. The Morgan fingerprint density at radius 1 is 1.27 bits per heavy atom. The van der Waals surface area contributed by atoms with E-state index in [1.165, 1.54) is 17.3 Å². The van der Waals surface area contributed by atoms with Gasteiger partial charge in [0.05, 0.1) is 0 Å². The summed E-state index contributed by atoms with van der Waals surface area (Å²) in [7, 11) is 0. The molecule has 4 heteroatoms. The predicted molar refractivity (Wildman–Crippen MR) is 44.6 cm³/mol. The van der Waals surface area contributed by atoms with Crippen molar-refractivity contribution in [2.45, 2.75) is 0 Å². The summed E-state index contributed by atoms with van der Waals surface area (Å²) in [6.07, 6.45) is 1.39. The second kappa shape index (κ2) is 3.47. The SMILES string of the molecule is N#CN(Cl)Cl.c1cc2cc-2c1. The topological polar surface area (TPSA) is 27.0 Å². The van der Waals surface area contributed by atoms with Gasteiger partial charge in [0.2, 0.25) is 6.19 Å². The number of benzene rings is 1. The molecule has 0 radical (unpaired) electrons. The monoisotopic (exact) mass is 186 g/mol. The first-order valence-corrected chi connectivity index (χ1v) is 3.53. The standard InChI is InChI=1S/C6H4.CCl2N2/c1-2-5-4-6(5)3-1;2-5(3)1-4/h1-4H;. The highest BCUT2D eigenvalue weighted by Crippen LogP contribution is 2.32. The van der Waals surface area contributed by atoms with Gasteiger partial charge in [-0.15, -0.1) is 3.94 Å². The maximum Gasteiger partial charge on any atom is 0.212 e. The molecule has 11 heavy (non-hydrogen) atoms. The van der Waals surface area contributed by atoms with Crippen molar-refractivity contribution in [3.05, 3.63) is 24.3 Å². The van der Waals surface area contributed by atoms with Gasteiger partial charge in [-0.1, -0.05) is 18.2 Å². The zero-order valence-electron chi connectivity index (χ0n) is 5.46. The van der Waals surface area contributed by atoms with Crippen molar-refractivity contribution in [3.63, 3.8) is 0 Å². The third-order valence-electron chi connectivity index (χ3n) is 1.19. The lowest BCUT2D eigenvalue weighted by Gasteiger charge is -1.78. The maximum atomic E-state index is 7.56. The molecule has 2 nitrogen and oxygen atoms in total. The zero-order chi connectivity index (χ0) is 8.27. The Kier molecular flexibility index (Phi) is 2.58. The van der Waals surface area contributed by atoms with E-state index < -0.39 is 0 Å². The number of nitriles is 1. The summed E-state index contributed by atoms with van der Waals surface area (Å²) < 4.78 is 0.375. The molecule has 0 bridgehead atoms. The summed E-state index contributed by atoms with van der Waals surface area (Å²) >= 11 is 9.40. The molecule has 0 saturated carbocycles. The number of nitrogens with zero attached hydrogens (tertiary/aromatic N) is 2. The normalized spacial score (nSPS) is 8.82. The number of hydrogen-bond acceptors (Lipinski definition) is 2. The Balaban J connectivity index is 0.000000114. The fraction of sp³-hybridized carbons (Fsp3) is 0. The third kappa shape index (κ3) is 2.67. The minimum Gasteiger partial charge on any atom is -0.170 e. The van der Waals surface area contributed by atoms with Crippen LogP contribution in [0.25, 0.3) is 11.1 Å². The minimum atomic E-state index is 0.375. The molecule has 0 saturated heterocycles. The largest absolute Gasteiger partial charge is 0.212 e. The van der Waals surface area contributed by atoms with Crippen molar-refractivity contribution in [1.29, 1.82) is 5.26 Å². The highest BCUT2D eigenvalue weighted by molar-refractivity contribution is 6.34. The van der Waals surface area contributed by atoms with Crippen LogP contribution in [0, 0.1) is 11.5 Å². The maximum absolute atomic E-state index is 7.56. The first-order chi connectivity index (χ1) is 5.24. The van der Waals surface area contributed by atoms with Crippen LogP contribution in [0.15, 0.2) is 24.3 Å². The minimum absolute atomic E-state index is 0.375. The van der Waals surface area contributed by atoms with Gasteiger partial charge in [0.25, 0.3) is 0 Å². The fourth-order valence-corrected chi connectivity index (χ4v) is 0.676. The first kappa shape index (κ1) is 8.19. The summed E-state index contributed by atoms with van der Waals surface area (Å²) in [4.78, 5) is 0. The van der Waals surface area contributed by atoms with E-state index in [2.05, 4.69) is 24.3 Å². The molecule has 56 valence electrons. The summed E-state index contributed by atoms with van der Waals surface area (Å²) in [6.45, 7) is 0. The molecule has 2 rings (SSSR count). The molecule has 0 heterocycles. The van der Waals surface area contributed by atoms with Gasteiger partial charge in [0.1, 0.15) is 0 Å². The Labute approximate surface area is 74.8 Å². The van der Waals surface area contributed by atoms with Crippen LogP contribution in [0.4, 0.5) is 0 Å². The van der Waals surface area contributed by atoms with Crippen molar-refractivity contribution in [1.82, 2.24) is 3.94 Å². The number of fused-ring (bicyclic) bond motifs is 1. The van der Waals surface area contributed by atoms with Crippen LogP contribution >= 0.6 is 23.6 Å². The molecule has 0 atom stereocenters. The third-order valence-corrected chi connectivity index (χ3v) is 1.34. The molecule has 0 aromatic heterocycles. The zero-order valence-corrected chi connectivity index (χ0v) is 6.97.